The summed E-state index contributed by atoms with van der Waals surface area (Å²) in [5.74, 6) is 0. The van der Waals surface area contributed by atoms with Gasteiger partial charge in [0.1, 0.15) is 0 Å². The van der Waals surface area contributed by atoms with Gasteiger partial charge in [-0.05, 0) is 0 Å². The normalized spacial score (nSPS) is 12.1. The van der Waals surface area contributed by atoms with E-state index in [1.165, 1.54) is 31.2 Å². The van der Waals surface area contributed by atoms with Crippen molar-refractivity contribution in [2.24, 2.45) is 9.98 Å². The molecule has 0 saturated heterocycles. The number of hydrogen-bond donors (Lipinski definition) is 0. The second-order valence-electron chi connectivity index (χ2n) is 8.34. The van der Waals surface area contributed by atoms with E-state index < -0.39 is 0 Å². The fourth-order valence-electron chi connectivity index (χ4n) is 3.14. The van der Waals surface area contributed by atoms with Crippen LogP contribution >= 0.6 is 0 Å². The summed E-state index contributed by atoms with van der Waals surface area (Å²) in [6.45, 7) is 8.47. The molecule has 0 amide bonds. The van der Waals surface area contributed by atoms with Crippen molar-refractivity contribution in [3.8, 4) is 0 Å². The van der Waals surface area contributed by atoms with Crippen LogP contribution in [-0.2, 0) is 0 Å². The van der Waals surface area contributed by atoms with Gasteiger partial charge in [0.25, 0.3) is 0 Å². The van der Waals surface area contributed by atoms with Gasteiger partial charge in [0.2, 0.25) is 0 Å². The van der Waals surface area contributed by atoms with Crippen LogP contribution in [0.1, 0.15) is 22.3 Å². The van der Waals surface area contributed by atoms with Crippen LogP contribution in [0.3, 0.4) is 0 Å². The molecular weight excluding hydrogens is 546 g/mol. The number of benzene rings is 4. The molecule has 0 unspecified atom stereocenters. The van der Waals surface area contributed by atoms with Crippen molar-refractivity contribution in [1.82, 2.24) is 0 Å². The van der Waals surface area contributed by atoms with E-state index in [1.54, 1.807) is 0 Å². The fraction of sp³-hybridized carbons (Fsp3) is 0.133. The van der Waals surface area contributed by atoms with Gasteiger partial charge >= 0.3 is 216 Å². The predicted octanol–water partition coefficient (Wildman–Crippen LogP) is 5.74. The zero-order chi connectivity index (χ0) is 23.9. The topological polar surface area (TPSA) is 24.7 Å². The van der Waals surface area contributed by atoms with Gasteiger partial charge in [-0.2, -0.15) is 0 Å². The number of aliphatic imine (C=N–C) groups is 2. The summed E-state index contributed by atoms with van der Waals surface area (Å²) in [6.07, 6.45) is 0. The van der Waals surface area contributed by atoms with Crippen molar-refractivity contribution in [2.75, 3.05) is 0 Å². The number of hydrogen-bond acceptors (Lipinski definition) is 2. The molecule has 34 heavy (non-hydrogen) atoms. The molecule has 0 atom stereocenters. The summed E-state index contributed by atoms with van der Waals surface area (Å²) >= 11 is 0.0725. The van der Waals surface area contributed by atoms with Crippen LogP contribution in [0.4, 0.5) is 11.4 Å². The number of nitrogens with zero attached hydrogens (tertiary/aromatic N) is 2. The van der Waals surface area contributed by atoms with E-state index in [9.17, 15) is 0 Å². The second kappa shape index (κ2) is 11.6. The Hall–Kier alpha value is -2.74. The summed E-state index contributed by atoms with van der Waals surface area (Å²) in [7, 11) is 0. The first-order valence-electron chi connectivity index (χ1n) is 11.2. The standard InChI is InChI=1S/C30H28N2Se2/c1-21-5-13-25(14-6-21)31-29(33-27-17-9-23(3)10-18-27)30(32-26-15-7-22(2)8-16-26)34-28-19-11-24(4)12-20-28/h5-20H,1-4H3. The molecule has 4 aromatic carbocycles. The van der Waals surface area contributed by atoms with Crippen LogP contribution in [0.25, 0.3) is 0 Å². The molecule has 2 nitrogen and oxygen atoms in total. The van der Waals surface area contributed by atoms with Gasteiger partial charge in [-0.25, -0.2) is 0 Å². The average Bonchev–Trinajstić information content (AvgIpc) is 2.84. The van der Waals surface area contributed by atoms with E-state index in [0.29, 0.717) is 0 Å². The Kier molecular flexibility index (Phi) is 8.32. The van der Waals surface area contributed by atoms with Gasteiger partial charge in [0, 0.05) is 0 Å². The first-order valence-corrected chi connectivity index (χ1v) is 14.7. The Morgan fingerprint density at radius 2 is 0.676 bits per heavy atom. The van der Waals surface area contributed by atoms with Crippen LogP contribution in [0, 0.1) is 27.7 Å². The van der Waals surface area contributed by atoms with E-state index in [1.807, 2.05) is 0 Å². The third-order valence-corrected chi connectivity index (χ3v) is 9.98. The fourth-order valence-corrected chi connectivity index (χ4v) is 7.32. The van der Waals surface area contributed by atoms with Gasteiger partial charge in [-0.3, -0.25) is 0 Å². The Morgan fingerprint density at radius 3 is 0.971 bits per heavy atom. The Labute approximate surface area is 215 Å². The van der Waals surface area contributed by atoms with E-state index in [4.69, 9.17) is 9.98 Å². The molecule has 0 aliphatic carbocycles. The Bertz CT molecular complexity index is 1180. The average molecular weight is 574 g/mol. The van der Waals surface area contributed by atoms with Crippen LogP contribution in [-0.4, -0.2) is 39.1 Å². The summed E-state index contributed by atoms with van der Waals surface area (Å²) in [5, 5.41) is 0. The van der Waals surface area contributed by atoms with E-state index in [0.717, 1.165) is 20.6 Å². The van der Waals surface area contributed by atoms with Gasteiger partial charge < -0.3 is 0 Å². The van der Waals surface area contributed by atoms with Crippen molar-refractivity contribution in [1.29, 1.82) is 0 Å². The molecule has 0 fully saturated rings. The molecular formula is C30H28N2Se2. The van der Waals surface area contributed by atoms with Crippen molar-refractivity contribution in [2.45, 2.75) is 27.7 Å². The van der Waals surface area contributed by atoms with Gasteiger partial charge in [0.05, 0.1) is 0 Å². The van der Waals surface area contributed by atoms with Gasteiger partial charge in [-0.15, -0.1) is 0 Å². The summed E-state index contributed by atoms with van der Waals surface area (Å²) in [6, 6.07) is 34.5. The van der Waals surface area contributed by atoms with Gasteiger partial charge in [-0.1, -0.05) is 0 Å². The van der Waals surface area contributed by atoms with E-state index in [2.05, 4.69) is 125 Å². The van der Waals surface area contributed by atoms with Crippen LogP contribution < -0.4 is 8.92 Å². The quantitative estimate of drug-likeness (QED) is 0.199. The molecule has 4 heteroatoms. The van der Waals surface area contributed by atoms with Crippen LogP contribution in [0.2, 0.25) is 0 Å². The summed E-state index contributed by atoms with van der Waals surface area (Å²) < 4.78 is 4.78. The van der Waals surface area contributed by atoms with E-state index in [-0.39, 0.29) is 29.9 Å². The molecule has 0 aliphatic rings. The first-order chi connectivity index (χ1) is 16.4. The number of aryl methyl sites for hydroxylation is 4. The van der Waals surface area contributed by atoms with Crippen LogP contribution in [0.5, 0.6) is 0 Å². The minimum absolute atomic E-state index is 0.0363. The molecule has 4 rings (SSSR count). The maximum atomic E-state index is 5.17. The van der Waals surface area contributed by atoms with Gasteiger partial charge in [0.15, 0.2) is 0 Å². The molecule has 0 bridgehead atoms. The molecule has 170 valence electrons. The summed E-state index contributed by atoms with van der Waals surface area (Å²) in [5.41, 5.74) is 6.98. The monoisotopic (exact) mass is 576 g/mol. The Morgan fingerprint density at radius 1 is 0.412 bits per heavy atom. The predicted molar refractivity (Wildman–Crippen MR) is 150 cm³/mol. The Balaban J connectivity index is 1.80. The molecule has 0 saturated carbocycles. The van der Waals surface area contributed by atoms with E-state index >= 15 is 0 Å². The SMILES string of the molecule is Cc1ccc(N=C([Se]c2ccc(C)cc2)C(=Nc2ccc(C)cc2)[Se]c2ccc(C)cc2)cc1. The molecule has 4 aromatic rings. The van der Waals surface area contributed by atoms with Crippen LogP contribution in [0.15, 0.2) is 107 Å². The molecule has 0 N–H and O–H groups in total. The second-order valence-corrected chi connectivity index (χ2v) is 12.8. The zero-order valence-corrected chi connectivity index (χ0v) is 23.4. The molecule has 0 spiro atoms. The molecule has 0 radical (unpaired) electrons. The minimum atomic E-state index is 0.0363. The van der Waals surface area contributed by atoms with Crippen molar-refractivity contribution in [3.63, 3.8) is 0 Å². The van der Waals surface area contributed by atoms with Crippen molar-refractivity contribution in [3.05, 3.63) is 119 Å². The molecule has 0 aliphatic heterocycles. The third kappa shape index (κ3) is 7.13. The molecule has 0 aromatic heterocycles. The molecule has 0 heterocycles. The first kappa shape index (κ1) is 24.4. The number of rotatable bonds is 7. The third-order valence-electron chi connectivity index (χ3n) is 5.18. The van der Waals surface area contributed by atoms with Crippen molar-refractivity contribution >= 4 is 59.4 Å². The maximum absolute atomic E-state index is 5.17. The van der Waals surface area contributed by atoms with Crippen molar-refractivity contribution < 1.29 is 0 Å². The summed E-state index contributed by atoms with van der Waals surface area (Å²) in [4.78, 5) is 10.3. The zero-order valence-electron chi connectivity index (χ0n) is 19.9.